The van der Waals surface area contributed by atoms with Gasteiger partial charge in [-0.2, -0.15) is 0 Å². The highest BCUT2D eigenvalue weighted by atomic mass is 79.9. The summed E-state index contributed by atoms with van der Waals surface area (Å²) in [6, 6.07) is 16.8. The van der Waals surface area contributed by atoms with Crippen LogP contribution in [0, 0.1) is 0 Å². The van der Waals surface area contributed by atoms with Crippen molar-refractivity contribution in [2.75, 3.05) is 49.9 Å². The van der Waals surface area contributed by atoms with Gasteiger partial charge in [-0.1, -0.05) is 18.2 Å². The number of aromatic carboxylic acids is 1. The van der Waals surface area contributed by atoms with Crippen molar-refractivity contribution in [3.8, 4) is 11.5 Å². The van der Waals surface area contributed by atoms with Crippen molar-refractivity contribution < 1.29 is 29.0 Å². The molecule has 1 fully saturated rings. The summed E-state index contributed by atoms with van der Waals surface area (Å²) in [4.78, 5) is 40.9. The van der Waals surface area contributed by atoms with Crippen LogP contribution in [0.2, 0.25) is 0 Å². The number of carboxylic acid groups (broad SMARTS) is 1. The largest absolute Gasteiger partial charge is 0.495 e. The molecule has 1 aliphatic heterocycles. The van der Waals surface area contributed by atoms with Crippen LogP contribution in [0.4, 0.5) is 21.9 Å². The summed E-state index contributed by atoms with van der Waals surface area (Å²) in [6.45, 7) is 0.940. The number of hydrogen-bond acceptors (Lipinski definition) is 6. The summed E-state index contributed by atoms with van der Waals surface area (Å²) in [5.41, 5.74) is 2.71. The summed E-state index contributed by atoms with van der Waals surface area (Å²) < 4.78 is 12.3. The summed E-state index contributed by atoms with van der Waals surface area (Å²) in [5, 5.41) is 14.9. The third kappa shape index (κ3) is 7.49. The molecule has 1 saturated heterocycles. The second-order valence-corrected chi connectivity index (χ2v) is 10.7. The molecule has 3 aromatic rings. The van der Waals surface area contributed by atoms with E-state index >= 15 is 0 Å². The van der Waals surface area contributed by atoms with Gasteiger partial charge in [-0.15, -0.1) is 0 Å². The highest BCUT2D eigenvalue weighted by molar-refractivity contribution is 9.10. The van der Waals surface area contributed by atoms with Crippen LogP contribution in [0.5, 0.6) is 11.5 Å². The van der Waals surface area contributed by atoms with E-state index in [0.29, 0.717) is 41.7 Å². The Morgan fingerprint density at radius 2 is 1.78 bits per heavy atom. The number of rotatable bonds is 10. The molecule has 3 amide bonds. The lowest BCUT2D eigenvalue weighted by Crippen LogP contribution is -2.40. The molecular weight excluding hydrogens is 592 g/mol. The van der Waals surface area contributed by atoms with Crippen LogP contribution in [0.3, 0.4) is 0 Å². The number of nitrogens with zero attached hydrogens (tertiary/aromatic N) is 2. The van der Waals surface area contributed by atoms with Gasteiger partial charge in [0.2, 0.25) is 5.91 Å². The topological polar surface area (TPSA) is 120 Å². The second kappa shape index (κ2) is 13.4. The minimum atomic E-state index is -1.00. The molecule has 0 aliphatic carbocycles. The van der Waals surface area contributed by atoms with E-state index in [9.17, 15) is 19.5 Å². The minimum Gasteiger partial charge on any atom is -0.495 e. The van der Waals surface area contributed by atoms with Gasteiger partial charge in [-0.05, 0) is 76.8 Å². The molecule has 3 N–H and O–H groups in total. The lowest BCUT2D eigenvalue weighted by atomic mass is 10.1. The smallest absolute Gasteiger partial charge is 0.335 e. The lowest BCUT2D eigenvalue weighted by molar-refractivity contribution is -0.131. The quantitative estimate of drug-likeness (QED) is 0.273. The number of nitrogens with one attached hydrogen (secondary N) is 2. The first-order valence-electron chi connectivity index (χ1n) is 13.1. The number of halogens is 1. The van der Waals surface area contributed by atoms with Crippen LogP contribution in [-0.2, 0) is 11.2 Å². The fourth-order valence-corrected chi connectivity index (χ4v) is 5.09. The highest BCUT2D eigenvalue weighted by Crippen LogP contribution is 2.31. The molecule has 4 rings (SSSR count). The maximum absolute atomic E-state index is 13.3. The summed E-state index contributed by atoms with van der Waals surface area (Å²) in [6.07, 6.45) is 1.86. The van der Waals surface area contributed by atoms with Gasteiger partial charge in [-0.3, -0.25) is 4.79 Å². The van der Waals surface area contributed by atoms with E-state index in [1.165, 1.54) is 13.2 Å². The Balaban J connectivity index is 1.38. The molecular formula is C30H33BrN4O6. The molecule has 10 nitrogen and oxygen atoms in total. The molecule has 1 heterocycles. The molecule has 11 heteroatoms. The Morgan fingerprint density at radius 3 is 2.49 bits per heavy atom. The van der Waals surface area contributed by atoms with Crippen molar-refractivity contribution in [1.29, 1.82) is 0 Å². The molecule has 41 heavy (non-hydrogen) atoms. The van der Waals surface area contributed by atoms with Crippen LogP contribution >= 0.6 is 15.9 Å². The lowest BCUT2D eigenvalue weighted by Gasteiger charge is -2.26. The third-order valence-electron chi connectivity index (χ3n) is 6.81. The van der Waals surface area contributed by atoms with E-state index in [1.807, 2.05) is 37.2 Å². The number of carbonyl (C=O) groups excluding carboxylic acids is 2. The molecule has 1 aliphatic rings. The van der Waals surface area contributed by atoms with Crippen LogP contribution < -0.4 is 25.0 Å². The number of benzene rings is 3. The molecule has 0 aromatic heterocycles. The predicted octanol–water partition coefficient (Wildman–Crippen LogP) is 5.48. The first-order valence-corrected chi connectivity index (χ1v) is 13.9. The van der Waals surface area contributed by atoms with E-state index in [2.05, 4.69) is 26.6 Å². The Kier molecular flexibility index (Phi) is 9.72. The Bertz CT molecular complexity index is 1430. The van der Waals surface area contributed by atoms with Gasteiger partial charge in [0.15, 0.2) is 0 Å². The number of amides is 3. The maximum atomic E-state index is 13.3. The van der Waals surface area contributed by atoms with E-state index in [1.54, 1.807) is 41.3 Å². The van der Waals surface area contributed by atoms with Crippen molar-refractivity contribution >= 4 is 50.9 Å². The Labute approximate surface area is 247 Å². The summed E-state index contributed by atoms with van der Waals surface area (Å²) >= 11 is 3.41. The number of ether oxygens (including phenoxy) is 2. The van der Waals surface area contributed by atoms with Gasteiger partial charge in [0.05, 0.1) is 42.2 Å². The third-order valence-corrected chi connectivity index (χ3v) is 7.50. The van der Waals surface area contributed by atoms with Crippen molar-refractivity contribution in [3.63, 3.8) is 0 Å². The van der Waals surface area contributed by atoms with E-state index in [4.69, 9.17) is 9.47 Å². The van der Waals surface area contributed by atoms with Crippen LogP contribution in [0.1, 0.15) is 28.8 Å². The van der Waals surface area contributed by atoms with E-state index in [0.717, 1.165) is 22.9 Å². The fourth-order valence-electron chi connectivity index (χ4n) is 4.71. The van der Waals surface area contributed by atoms with Gasteiger partial charge in [0.25, 0.3) is 0 Å². The monoisotopic (exact) mass is 624 g/mol. The average molecular weight is 626 g/mol. The SMILES string of the molecule is COc1cc(CC(=O)N2CCC[C@H]2COc2ccc(C(=O)O)cc2N(C)C)ccc1NC(=O)Nc1ccccc1Br. The molecule has 0 spiro atoms. The zero-order valence-electron chi connectivity index (χ0n) is 23.1. The zero-order chi connectivity index (χ0) is 29.5. The number of carbonyl (C=O) groups is 3. The summed E-state index contributed by atoms with van der Waals surface area (Å²) in [7, 11) is 5.16. The second-order valence-electron chi connectivity index (χ2n) is 9.85. The number of methoxy groups -OCH3 is 1. The molecule has 3 aromatic carbocycles. The first-order chi connectivity index (χ1) is 19.7. The average Bonchev–Trinajstić information content (AvgIpc) is 3.42. The number of para-hydroxylation sites is 1. The van der Waals surface area contributed by atoms with Crippen LogP contribution in [0.15, 0.2) is 65.1 Å². The van der Waals surface area contributed by atoms with E-state index < -0.39 is 12.0 Å². The zero-order valence-corrected chi connectivity index (χ0v) is 24.7. The van der Waals surface area contributed by atoms with Gasteiger partial charge >= 0.3 is 12.0 Å². The predicted molar refractivity (Wildman–Crippen MR) is 161 cm³/mol. The molecule has 0 radical (unpaired) electrons. The minimum absolute atomic E-state index is 0.0282. The number of urea groups is 1. The Morgan fingerprint density at radius 1 is 1.02 bits per heavy atom. The molecule has 216 valence electrons. The maximum Gasteiger partial charge on any atom is 0.335 e. The van der Waals surface area contributed by atoms with Gasteiger partial charge in [0.1, 0.15) is 18.1 Å². The van der Waals surface area contributed by atoms with Gasteiger partial charge in [-0.25, -0.2) is 9.59 Å². The standard InChI is InChI=1S/C30H33BrN4O6/c1-34(2)25-17-20(29(37)38)11-13-26(25)41-18-21-7-6-14-35(21)28(36)16-19-10-12-24(27(15-19)40-3)33-30(39)32-23-9-5-4-8-22(23)31/h4-5,8-13,15,17,21H,6-7,14,16,18H2,1-3H3,(H,37,38)(H2,32,33,39)/t21-/m0/s1. The fraction of sp³-hybridized carbons (Fsp3) is 0.300. The molecule has 0 bridgehead atoms. The van der Waals surface area contributed by atoms with Crippen molar-refractivity contribution in [3.05, 3.63) is 76.3 Å². The van der Waals surface area contributed by atoms with Gasteiger partial charge in [0, 0.05) is 25.1 Å². The number of anilines is 3. The van der Waals surface area contributed by atoms with Crippen molar-refractivity contribution in [2.24, 2.45) is 0 Å². The highest BCUT2D eigenvalue weighted by Gasteiger charge is 2.29. The van der Waals surface area contributed by atoms with Crippen molar-refractivity contribution in [1.82, 2.24) is 4.90 Å². The van der Waals surface area contributed by atoms with E-state index in [-0.39, 0.29) is 23.9 Å². The van der Waals surface area contributed by atoms with Crippen molar-refractivity contribution in [2.45, 2.75) is 25.3 Å². The van der Waals surface area contributed by atoms with Crippen LogP contribution in [-0.4, -0.2) is 68.3 Å². The molecule has 1 atom stereocenters. The molecule has 0 unspecified atom stereocenters. The molecule has 0 saturated carbocycles. The normalized spacial score (nSPS) is 14.3. The summed E-state index contributed by atoms with van der Waals surface area (Å²) in [5.74, 6) is -0.0216. The van der Waals surface area contributed by atoms with Gasteiger partial charge < -0.3 is 35.0 Å². The van der Waals surface area contributed by atoms with Crippen LogP contribution in [0.25, 0.3) is 0 Å². The number of hydrogen-bond donors (Lipinski definition) is 3. The first kappa shape index (κ1) is 29.7. The number of likely N-dealkylation sites (tertiary alicyclic amines) is 1. The Hall–Kier alpha value is -4.25. The number of carboxylic acids is 1.